The minimum atomic E-state index is -0.672. The van der Waals surface area contributed by atoms with Gasteiger partial charge in [-0.25, -0.2) is 14.6 Å². The third-order valence-electron chi connectivity index (χ3n) is 4.91. The van der Waals surface area contributed by atoms with Crippen LogP contribution < -0.4 is 14.2 Å². The number of esters is 2. The van der Waals surface area contributed by atoms with Crippen molar-refractivity contribution in [2.24, 2.45) is 0 Å². The fourth-order valence-corrected chi connectivity index (χ4v) is 3.62. The largest absolute Gasteiger partial charge is 0.490 e. The van der Waals surface area contributed by atoms with Gasteiger partial charge in [-0.3, -0.25) is 0 Å². The lowest BCUT2D eigenvalue weighted by Crippen LogP contribution is -2.14. The third-order valence-corrected chi connectivity index (χ3v) is 4.91. The highest BCUT2D eigenvalue weighted by Gasteiger charge is 2.27. The van der Waals surface area contributed by atoms with Crippen LogP contribution in [0.4, 0.5) is 0 Å². The summed E-state index contributed by atoms with van der Waals surface area (Å²) in [6.45, 7) is 6.88. The van der Waals surface area contributed by atoms with Crippen LogP contribution in [0.3, 0.4) is 0 Å². The lowest BCUT2D eigenvalue weighted by molar-refractivity contribution is 0.0556. The summed E-state index contributed by atoms with van der Waals surface area (Å²) in [4.78, 5) is 29.9. The van der Waals surface area contributed by atoms with Crippen LogP contribution in [0.2, 0.25) is 0 Å². The van der Waals surface area contributed by atoms with Gasteiger partial charge in [-0.05, 0) is 61.4 Å². The molecule has 0 saturated carbocycles. The Labute approximate surface area is 192 Å². The maximum atomic E-state index is 13.0. The van der Waals surface area contributed by atoms with Gasteiger partial charge in [-0.1, -0.05) is 0 Å². The monoisotopic (exact) mass is 453 g/mol. The Morgan fingerprint density at radius 1 is 0.818 bits per heavy atom. The number of rotatable bonds is 9. The first kappa shape index (κ1) is 23.8. The first-order valence-corrected chi connectivity index (χ1v) is 10.6. The van der Waals surface area contributed by atoms with Crippen LogP contribution in [0, 0.1) is 0 Å². The number of pyridine rings is 1. The first-order valence-electron chi connectivity index (χ1n) is 10.6. The molecule has 3 rings (SSSR count). The van der Waals surface area contributed by atoms with Gasteiger partial charge in [0.25, 0.3) is 0 Å². The Hall–Kier alpha value is -3.81. The van der Waals surface area contributed by atoms with Gasteiger partial charge in [0.15, 0.2) is 11.5 Å². The van der Waals surface area contributed by atoms with Gasteiger partial charge in [-0.2, -0.15) is 0 Å². The summed E-state index contributed by atoms with van der Waals surface area (Å²) < 4.78 is 27.1. The van der Waals surface area contributed by atoms with Crippen molar-refractivity contribution in [3.63, 3.8) is 0 Å². The molecule has 0 radical (unpaired) electrons. The van der Waals surface area contributed by atoms with Crippen LogP contribution in [0.25, 0.3) is 21.9 Å². The Morgan fingerprint density at radius 3 is 2.06 bits per heavy atom. The van der Waals surface area contributed by atoms with E-state index in [1.165, 1.54) is 14.2 Å². The summed E-state index contributed by atoms with van der Waals surface area (Å²) in [5, 5.41) is 1.34. The molecule has 0 bridgehead atoms. The van der Waals surface area contributed by atoms with Gasteiger partial charge >= 0.3 is 11.9 Å². The quantitative estimate of drug-likeness (QED) is 0.432. The first-order chi connectivity index (χ1) is 16.0. The highest BCUT2D eigenvalue weighted by atomic mass is 16.5. The fourth-order valence-electron chi connectivity index (χ4n) is 3.62. The normalized spacial score (nSPS) is 10.6. The lowest BCUT2D eigenvalue weighted by atomic mass is 9.89. The van der Waals surface area contributed by atoms with Crippen molar-refractivity contribution < 1.29 is 33.3 Å². The van der Waals surface area contributed by atoms with Crippen LogP contribution in [-0.4, -0.2) is 51.0 Å². The SMILES string of the molecule is CCOc1cc(-c2c(C(=O)OC)c(C(=O)OC)cc3cc(OCC)c(OCC)cc23)ccn1. The number of fused-ring (bicyclic) bond motifs is 1. The smallest absolute Gasteiger partial charge is 0.339 e. The van der Waals surface area contributed by atoms with E-state index in [-0.39, 0.29) is 11.1 Å². The Balaban J connectivity index is 2.49. The molecule has 0 atom stereocenters. The van der Waals surface area contributed by atoms with E-state index >= 15 is 0 Å². The van der Waals surface area contributed by atoms with Gasteiger partial charge in [0.05, 0.1) is 45.2 Å². The second-order valence-electron chi connectivity index (χ2n) is 6.86. The highest BCUT2D eigenvalue weighted by molar-refractivity contribution is 6.16. The van der Waals surface area contributed by atoms with E-state index in [2.05, 4.69) is 4.98 Å². The van der Waals surface area contributed by atoms with Crippen molar-refractivity contribution in [3.8, 4) is 28.5 Å². The molecular weight excluding hydrogens is 426 g/mol. The van der Waals surface area contributed by atoms with Gasteiger partial charge < -0.3 is 23.7 Å². The van der Waals surface area contributed by atoms with Gasteiger partial charge in [0, 0.05) is 17.8 Å². The Bertz CT molecular complexity index is 1170. The van der Waals surface area contributed by atoms with Crippen molar-refractivity contribution in [2.75, 3.05) is 34.0 Å². The Kier molecular flexibility index (Phi) is 7.71. The molecular formula is C25H27NO7. The van der Waals surface area contributed by atoms with Crippen molar-refractivity contribution in [1.82, 2.24) is 4.98 Å². The lowest BCUT2D eigenvalue weighted by Gasteiger charge is -2.19. The topological polar surface area (TPSA) is 93.2 Å². The minimum Gasteiger partial charge on any atom is -0.490 e. The molecule has 0 fully saturated rings. The summed E-state index contributed by atoms with van der Waals surface area (Å²) in [5.41, 5.74) is 1.26. The van der Waals surface area contributed by atoms with E-state index in [1.54, 1.807) is 36.5 Å². The molecule has 3 aromatic rings. The van der Waals surface area contributed by atoms with Crippen molar-refractivity contribution in [2.45, 2.75) is 20.8 Å². The van der Waals surface area contributed by atoms with E-state index in [4.69, 9.17) is 23.7 Å². The molecule has 0 saturated heterocycles. The molecule has 0 aliphatic rings. The second kappa shape index (κ2) is 10.7. The number of hydrogen-bond acceptors (Lipinski definition) is 8. The van der Waals surface area contributed by atoms with Crippen LogP contribution in [0.1, 0.15) is 41.5 Å². The number of nitrogens with zero attached hydrogens (tertiary/aromatic N) is 1. The molecule has 33 heavy (non-hydrogen) atoms. The maximum Gasteiger partial charge on any atom is 0.339 e. The van der Waals surface area contributed by atoms with E-state index in [0.29, 0.717) is 59.1 Å². The highest BCUT2D eigenvalue weighted by Crippen LogP contribution is 2.41. The number of carbonyl (C=O) groups excluding carboxylic acids is 2. The van der Waals surface area contributed by atoms with Crippen LogP contribution in [-0.2, 0) is 9.47 Å². The molecule has 0 spiro atoms. The number of benzene rings is 2. The molecule has 0 amide bonds. The molecule has 8 nitrogen and oxygen atoms in total. The summed E-state index contributed by atoms with van der Waals surface area (Å²) in [5.74, 6) is 0.106. The van der Waals surface area contributed by atoms with Gasteiger partial charge in [0.2, 0.25) is 5.88 Å². The minimum absolute atomic E-state index is 0.0771. The molecule has 0 N–H and O–H groups in total. The standard InChI is InChI=1S/C25H27NO7/c1-6-31-19-12-16-11-18(24(27)29-4)23(25(28)30-5)22(17(16)14-20(19)32-7-2)15-9-10-26-21(13-15)33-8-3/h9-14H,6-8H2,1-5H3. The van der Waals surface area contributed by atoms with E-state index in [9.17, 15) is 9.59 Å². The van der Waals surface area contributed by atoms with Crippen molar-refractivity contribution in [3.05, 3.63) is 47.7 Å². The summed E-state index contributed by atoms with van der Waals surface area (Å²) in [6, 6.07) is 8.63. The molecule has 0 aliphatic heterocycles. The number of methoxy groups -OCH3 is 2. The van der Waals surface area contributed by atoms with E-state index < -0.39 is 11.9 Å². The predicted molar refractivity (Wildman–Crippen MR) is 123 cm³/mol. The average molecular weight is 453 g/mol. The van der Waals surface area contributed by atoms with Crippen LogP contribution in [0.5, 0.6) is 17.4 Å². The Morgan fingerprint density at radius 2 is 1.45 bits per heavy atom. The molecule has 174 valence electrons. The molecule has 8 heteroatoms. The van der Waals surface area contributed by atoms with Crippen molar-refractivity contribution >= 4 is 22.7 Å². The number of carbonyl (C=O) groups is 2. The second-order valence-corrected chi connectivity index (χ2v) is 6.86. The van der Waals surface area contributed by atoms with Gasteiger partial charge in [0.1, 0.15) is 0 Å². The summed E-state index contributed by atoms with van der Waals surface area (Å²) in [7, 11) is 2.52. The number of aromatic nitrogens is 1. The molecule has 0 unspecified atom stereocenters. The average Bonchev–Trinajstić information content (AvgIpc) is 2.83. The van der Waals surface area contributed by atoms with E-state index in [0.717, 1.165) is 0 Å². The van der Waals surface area contributed by atoms with Crippen LogP contribution >= 0.6 is 0 Å². The fraction of sp³-hybridized carbons (Fsp3) is 0.320. The van der Waals surface area contributed by atoms with Crippen LogP contribution in [0.15, 0.2) is 36.5 Å². The maximum absolute atomic E-state index is 13.0. The zero-order valence-electron chi connectivity index (χ0n) is 19.4. The molecule has 1 aromatic heterocycles. The summed E-state index contributed by atoms with van der Waals surface area (Å²) >= 11 is 0. The zero-order chi connectivity index (χ0) is 24.0. The van der Waals surface area contributed by atoms with E-state index in [1.807, 2.05) is 20.8 Å². The third kappa shape index (κ3) is 4.84. The number of ether oxygens (including phenoxy) is 5. The predicted octanol–water partition coefficient (Wildman–Crippen LogP) is 4.67. The van der Waals surface area contributed by atoms with Gasteiger partial charge in [-0.15, -0.1) is 0 Å². The number of hydrogen-bond donors (Lipinski definition) is 0. The summed E-state index contributed by atoms with van der Waals surface area (Å²) in [6.07, 6.45) is 1.58. The molecule has 2 aromatic carbocycles. The van der Waals surface area contributed by atoms with Crippen molar-refractivity contribution in [1.29, 1.82) is 0 Å². The molecule has 1 heterocycles. The zero-order valence-corrected chi connectivity index (χ0v) is 19.4. The molecule has 0 aliphatic carbocycles.